The van der Waals surface area contributed by atoms with Crippen LogP contribution in [0.25, 0.3) is 69.6 Å². The monoisotopic (exact) mass is 515 g/mol. The summed E-state index contributed by atoms with van der Waals surface area (Å²) in [6.45, 7) is 4.81. The standard InChI is InChI=1S/C37H25NS/c1-37(2)29-16-8-5-14-26(29)33-24-12-3-4-13-25(24)36-34(35(33)37)27-15-6-9-17-30(27)38(36)22-19-20-32-28(21-22)23-11-7-10-18-31(23)39-32/h3-21H,1-2H3. The number of fused-ring (bicyclic) bond motifs is 13. The second-order valence-corrected chi connectivity index (χ2v) is 12.4. The second kappa shape index (κ2) is 7.37. The molecule has 9 rings (SSSR count). The molecule has 39 heavy (non-hydrogen) atoms. The van der Waals surface area contributed by atoms with Crippen LogP contribution in [0.2, 0.25) is 0 Å². The molecule has 2 aromatic heterocycles. The van der Waals surface area contributed by atoms with Crippen molar-refractivity contribution in [2.24, 2.45) is 0 Å². The third-order valence-corrected chi connectivity index (χ3v) is 10.1. The number of nitrogens with zero attached hydrogens (tertiary/aromatic N) is 1. The van der Waals surface area contributed by atoms with E-state index in [1.54, 1.807) is 0 Å². The number of rotatable bonds is 1. The predicted octanol–water partition coefficient (Wildman–Crippen LogP) is 10.6. The van der Waals surface area contributed by atoms with E-state index >= 15 is 0 Å². The van der Waals surface area contributed by atoms with Gasteiger partial charge in [0.05, 0.1) is 11.0 Å². The van der Waals surface area contributed by atoms with Gasteiger partial charge in [0.15, 0.2) is 0 Å². The molecular formula is C37H25NS. The molecule has 0 unspecified atom stereocenters. The highest BCUT2D eigenvalue weighted by Crippen LogP contribution is 2.56. The van der Waals surface area contributed by atoms with Crippen LogP contribution in [0.3, 0.4) is 0 Å². The highest BCUT2D eigenvalue weighted by atomic mass is 32.1. The lowest BCUT2D eigenvalue weighted by atomic mass is 9.79. The van der Waals surface area contributed by atoms with E-state index in [9.17, 15) is 0 Å². The number of thiophene rings is 1. The number of hydrogen-bond acceptors (Lipinski definition) is 1. The van der Waals surface area contributed by atoms with Crippen LogP contribution in [-0.2, 0) is 5.41 Å². The van der Waals surface area contributed by atoms with E-state index in [0.717, 1.165) is 0 Å². The summed E-state index contributed by atoms with van der Waals surface area (Å²) in [5.74, 6) is 0. The normalized spacial score (nSPS) is 14.1. The van der Waals surface area contributed by atoms with Crippen molar-refractivity contribution in [3.05, 3.63) is 126 Å². The van der Waals surface area contributed by atoms with Gasteiger partial charge in [-0.2, -0.15) is 0 Å². The van der Waals surface area contributed by atoms with Crippen molar-refractivity contribution in [1.82, 2.24) is 4.57 Å². The van der Waals surface area contributed by atoms with Crippen molar-refractivity contribution in [3.8, 4) is 16.8 Å². The largest absolute Gasteiger partial charge is 0.309 e. The average Bonchev–Trinajstić information content (AvgIpc) is 3.59. The first-order valence-corrected chi connectivity index (χ1v) is 14.4. The second-order valence-electron chi connectivity index (χ2n) is 11.3. The molecule has 1 aliphatic rings. The summed E-state index contributed by atoms with van der Waals surface area (Å²) in [7, 11) is 0. The molecule has 0 spiro atoms. The maximum Gasteiger partial charge on any atom is 0.0623 e. The van der Waals surface area contributed by atoms with Crippen molar-refractivity contribution in [1.29, 1.82) is 0 Å². The lowest BCUT2D eigenvalue weighted by molar-refractivity contribution is 0.667. The average molecular weight is 516 g/mol. The lowest BCUT2D eigenvalue weighted by Crippen LogP contribution is -2.15. The molecule has 0 atom stereocenters. The zero-order valence-electron chi connectivity index (χ0n) is 21.8. The molecule has 0 saturated heterocycles. The minimum Gasteiger partial charge on any atom is -0.309 e. The van der Waals surface area contributed by atoms with Crippen molar-refractivity contribution in [2.75, 3.05) is 0 Å². The molecule has 0 amide bonds. The quantitative estimate of drug-likeness (QED) is 0.205. The minimum absolute atomic E-state index is 0.101. The molecule has 0 fully saturated rings. The maximum atomic E-state index is 2.53. The van der Waals surface area contributed by atoms with E-state index in [1.807, 2.05) is 11.3 Å². The van der Waals surface area contributed by atoms with Crippen LogP contribution >= 0.6 is 11.3 Å². The highest BCUT2D eigenvalue weighted by Gasteiger charge is 2.39. The first-order valence-electron chi connectivity index (χ1n) is 13.6. The lowest BCUT2D eigenvalue weighted by Gasteiger charge is -2.23. The van der Waals surface area contributed by atoms with Crippen LogP contribution in [0.5, 0.6) is 0 Å². The van der Waals surface area contributed by atoms with Gasteiger partial charge in [-0.3, -0.25) is 0 Å². The van der Waals surface area contributed by atoms with E-state index in [2.05, 4.69) is 134 Å². The van der Waals surface area contributed by atoms with Crippen LogP contribution in [0.1, 0.15) is 25.0 Å². The van der Waals surface area contributed by atoms with Gasteiger partial charge in [0.25, 0.3) is 0 Å². The first kappa shape index (κ1) is 21.5. The zero-order valence-corrected chi connectivity index (χ0v) is 22.6. The third-order valence-electron chi connectivity index (χ3n) is 8.94. The van der Waals surface area contributed by atoms with Gasteiger partial charge in [-0.25, -0.2) is 0 Å². The highest BCUT2D eigenvalue weighted by molar-refractivity contribution is 7.25. The van der Waals surface area contributed by atoms with Gasteiger partial charge in [0.1, 0.15) is 0 Å². The van der Waals surface area contributed by atoms with Crippen molar-refractivity contribution in [2.45, 2.75) is 19.3 Å². The maximum absolute atomic E-state index is 2.53. The van der Waals surface area contributed by atoms with E-state index in [-0.39, 0.29) is 5.41 Å². The molecule has 6 aromatic carbocycles. The Morgan fingerprint density at radius 3 is 2.13 bits per heavy atom. The Balaban J connectivity index is 1.52. The Bertz CT molecular complexity index is 2310. The third kappa shape index (κ3) is 2.65. The van der Waals surface area contributed by atoms with Gasteiger partial charge >= 0.3 is 0 Å². The van der Waals surface area contributed by atoms with Crippen molar-refractivity contribution < 1.29 is 0 Å². The Morgan fingerprint density at radius 1 is 0.590 bits per heavy atom. The summed E-state index contributed by atoms with van der Waals surface area (Å²) in [5, 5.41) is 8.02. The Kier molecular flexibility index (Phi) is 4.07. The molecule has 1 nitrogen and oxygen atoms in total. The van der Waals surface area contributed by atoms with Gasteiger partial charge in [-0.05, 0) is 58.0 Å². The Labute approximate surface area is 230 Å². The first-order chi connectivity index (χ1) is 19.1. The van der Waals surface area contributed by atoms with Crippen LogP contribution in [0, 0.1) is 0 Å². The topological polar surface area (TPSA) is 4.93 Å². The smallest absolute Gasteiger partial charge is 0.0623 e. The molecule has 0 aliphatic heterocycles. The summed E-state index contributed by atoms with van der Waals surface area (Å²) in [6, 6.07) is 42.8. The molecule has 184 valence electrons. The van der Waals surface area contributed by atoms with Crippen LogP contribution in [0.15, 0.2) is 115 Å². The summed E-state index contributed by atoms with van der Waals surface area (Å²) in [6.07, 6.45) is 0. The number of aromatic nitrogens is 1. The Morgan fingerprint density at radius 2 is 1.26 bits per heavy atom. The minimum atomic E-state index is -0.101. The molecule has 0 saturated carbocycles. The van der Waals surface area contributed by atoms with Gasteiger partial charge < -0.3 is 4.57 Å². The summed E-state index contributed by atoms with van der Waals surface area (Å²) < 4.78 is 5.20. The van der Waals surface area contributed by atoms with Crippen LogP contribution in [0.4, 0.5) is 0 Å². The molecular weight excluding hydrogens is 490 g/mol. The SMILES string of the molecule is CC1(C)c2ccccc2-c2c1c1c3ccccc3n(-c3ccc4sc5ccccc5c4c3)c1c1ccccc21. The molecule has 2 heteroatoms. The van der Waals surface area contributed by atoms with E-state index < -0.39 is 0 Å². The number of para-hydroxylation sites is 1. The predicted molar refractivity (Wildman–Crippen MR) is 169 cm³/mol. The van der Waals surface area contributed by atoms with Crippen LogP contribution < -0.4 is 0 Å². The van der Waals surface area contributed by atoms with E-state index in [0.29, 0.717) is 0 Å². The van der Waals surface area contributed by atoms with Crippen molar-refractivity contribution in [3.63, 3.8) is 0 Å². The molecule has 0 bridgehead atoms. The molecule has 0 radical (unpaired) electrons. The molecule has 8 aromatic rings. The Hall–Kier alpha value is -4.40. The zero-order chi connectivity index (χ0) is 25.9. The van der Waals surface area contributed by atoms with Crippen molar-refractivity contribution >= 4 is 64.1 Å². The summed E-state index contributed by atoms with van der Waals surface area (Å²) in [4.78, 5) is 0. The fourth-order valence-electron chi connectivity index (χ4n) is 7.32. The van der Waals surface area contributed by atoms with Gasteiger partial charge in [-0.1, -0.05) is 98.8 Å². The van der Waals surface area contributed by atoms with E-state index in [4.69, 9.17) is 0 Å². The van der Waals surface area contributed by atoms with Gasteiger partial charge in [-0.15, -0.1) is 11.3 Å². The van der Waals surface area contributed by atoms with Gasteiger partial charge in [0.2, 0.25) is 0 Å². The fraction of sp³-hybridized carbons (Fsp3) is 0.0811. The van der Waals surface area contributed by atoms with E-state index in [1.165, 1.54) is 80.7 Å². The number of benzene rings is 6. The molecule has 1 aliphatic carbocycles. The summed E-state index contributed by atoms with van der Waals surface area (Å²) >= 11 is 1.88. The number of hydrogen-bond donors (Lipinski definition) is 0. The van der Waals surface area contributed by atoms with Crippen LogP contribution in [-0.4, -0.2) is 4.57 Å². The molecule has 0 N–H and O–H groups in total. The fourth-order valence-corrected chi connectivity index (χ4v) is 8.41. The van der Waals surface area contributed by atoms with Gasteiger partial charge in [0, 0.05) is 47.4 Å². The molecule has 2 heterocycles. The summed E-state index contributed by atoms with van der Waals surface area (Å²) in [5.41, 5.74) is 9.34.